The number of alkyl carbamates (subject to hydrolysis) is 1. The van der Waals surface area contributed by atoms with E-state index in [1.165, 1.54) is 11.3 Å². The maximum absolute atomic E-state index is 11.3. The van der Waals surface area contributed by atoms with Crippen molar-refractivity contribution < 1.29 is 19.4 Å². The van der Waals surface area contributed by atoms with Crippen LogP contribution >= 0.6 is 11.3 Å². The fraction of sp³-hybridized carbons (Fsp3) is 0.385. The number of carboxylic acids is 1. The summed E-state index contributed by atoms with van der Waals surface area (Å²) in [7, 11) is 0. The van der Waals surface area contributed by atoms with Gasteiger partial charge in [0.25, 0.3) is 0 Å². The van der Waals surface area contributed by atoms with Crippen LogP contribution in [0.5, 0.6) is 0 Å². The molecule has 2 N–H and O–H groups in total. The molecule has 5 nitrogen and oxygen atoms in total. The first-order valence-electron chi connectivity index (χ1n) is 5.73. The number of carboxylic acid groups (broad SMARTS) is 1. The second-order valence-electron chi connectivity index (χ2n) is 4.83. The largest absolute Gasteiger partial charge is 0.478 e. The van der Waals surface area contributed by atoms with Crippen molar-refractivity contribution in [1.29, 1.82) is 0 Å². The molecule has 1 amide bonds. The van der Waals surface area contributed by atoms with Gasteiger partial charge in [0.15, 0.2) is 0 Å². The summed E-state index contributed by atoms with van der Waals surface area (Å²) in [6.07, 6.45) is 3.02. The zero-order valence-corrected chi connectivity index (χ0v) is 11.9. The summed E-state index contributed by atoms with van der Waals surface area (Å²) in [5.41, 5.74) is -0.248. The first-order chi connectivity index (χ1) is 8.78. The molecule has 1 rings (SSSR count). The lowest BCUT2D eigenvalue weighted by Gasteiger charge is -2.19. The molecule has 0 spiro atoms. The molecule has 0 bridgehead atoms. The molecular weight excluding hydrogens is 266 g/mol. The summed E-state index contributed by atoms with van der Waals surface area (Å²) in [6, 6.07) is 1.58. The van der Waals surface area contributed by atoms with E-state index in [0.717, 1.165) is 4.88 Å². The minimum absolute atomic E-state index is 0.268. The summed E-state index contributed by atoms with van der Waals surface area (Å²) >= 11 is 1.34. The smallest absolute Gasteiger partial charge is 0.407 e. The van der Waals surface area contributed by atoms with Crippen LogP contribution in [0.2, 0.25) is 0 Å². The molecule has 0 aliphatic rings. The molecule has 104 valence electrons. The average Bonchev–Trinajstić information content (AvgIpc) is 2.70. The molecule has 0 saturated heterocycles. The molecule has 0 aliphatic carbocycles. The van der Waals surface area contributed by atoms with E-state index < -0.39 is 17.7 Å². The molecule has 0 saturated carbocycles. The Hall–Kier alpha value is -1.82. The fourth-order valence-corrected chi connectivity index (χ4v) is 1.99. The van der Waals surface area contributed by atoms with E-state index in [4.69, 9.17) is 9.84 Å². The van der Waals surface area contributed by atoms with Gasteiger partial charge in [-0.05, 0) is 32.9 Å². The number of carbonyl (C=O) groups excluding carboxylic acids is 1. The van der Waals surface area contributed by atoms with E-state index in [2.05, 4.69) is 5.32 Å². The quantitative estimate of drug-likeness (QED) is 0.890. The lowest BCUT2D eigenvalue weighted by atomic mass is 10.2. The number of rotatable bonds is 4. The van der Waals surface area contributed by atoms with Crippen LogP contribution in [0.1, 0.15) is 36.0 Å². The number of ether oxygens (including phenoxy) is 1. The summed E-state index contributed by atoms with van der Waals surface area (Å²) < 4.78 is 5.07. The Bertz CT molecular complexity index is 485. The summed E-state index contributed by atoms with van der Waals surface area (Å²) in [6.45, 7) is 5.71. The standard InChI is InChI=1S/C13H17NO4S/c1-13(2,3)18-12(17)14-6-4-5-10-7-9(8-19-10)11(15)16/h4-5,7-8H,6H2,1-3H3,(H,14,17)(H,15,16). The van der Waals surface area contributed by atoms with Crippen molar-refractivity contribution in [3.8, 4) is 0 Å². The first kappa shape index (κ1) is 15.2. The second kappa shape index (κ2) is 6.38. The third kappa shape index (κ3) is 6.05. The highest BCUT2D eigenvalue weighted by Gasteiger charge is 2.14. The van der Waals surface area contributed by atoms with Crippen LogP contribution in [0, 0.1) is 0 Å². The lowest BCUT2D eigenvalue weighted by molar-refractivity contribution is 0.0533. The minimum atomic E-state index is -0.942. The Morgan fingerprint density at radius 1 is 1.47 bits per heavy atom. The van der Waals surface area contributed by atoms with Gasteiger partial charge in [-0.25, -0.2) is 9.59 Å². The number of nitrogens with one attached hydrogen (secondary N) is 1. The van der Waals surface area contributed by atoms with Crippen molar-refractivity contribution in [3.63, 3.8) is 0 Å². The third-order valence-corrected chi connectivity index (χ3v) is 2.81. The van der Waals surface area contributed by atoms with Crippen LogP contribution < -0.4 is 5.32 Å². The molecule has 0 aliphatic heterocycles. The van der Waals surface area contributed by atoms with E-state index in [-0.39, 0.29) is 5.56 Å². The number of aromatic carboxylic acids is 1. The Morgan fingerprint density at radius 3 is 2.68 bits per heavy atom. The molecule has 0 atom stereocenters. The molecule has 0 fully saturated rings. The van der Waals surface area contributed by atoms with Gasteiger partial charge in [0.2, 0.25) is 0 Å². The van der Waals surface area contributed by atoms with Crippen LogP contribution in [0.3, 0.4) is 0 Å². The zero-order chi connectivity index (χ0) is 14.5. The highest BCUT2D eigenvalue weighted by molar-refractivity contribution is 7.11. The van der Waals surface area contributed by atoms with Crippen LogP contribution in [0.25, 0.3) is 6.08 Å². The van der Waals surface area contributed by atoms with Gasteiger partial charge in [-0.3, -0.25) is 0 Å². The highest BCUT2D eigenvalue weighted by Crippen LogP contribution is 2.16. The minimum Gasteiger partial charge on any atom is -0.478 e. The van der Waals surface area contributed by atoms with Crippen molar-refractivity contribution in [2.45, 2.75) is 26.4 Å². The van der Waals surface area contributed by atoms with Gasteiger partial charge in [-0.2, -0.15) is 0 Å². The summed E-state index contributed by atoms with van der Waals surface area (Å²) in [5, 5.41) is 12.9. The first-order valence-corrected chi connectivity index (χ1v) is 6.61. The van der Waals surface area contributed by atoms with Crippen LogP contribution in [0.15, 0.2) is 17.5 Å². The predicted molar refractivity (Wildman–Crippen MR) is 74.5 cm³/mol. The number of hydrogen-bond acceptors (Lipinski definition) is 4. The topological polar surface area (TPSA) is 75.6 Å². The predicted octanol–water partition coefficient (Wildman–Crippen LogP) is 2.98. The molecule has 1 aromatic rings. The summed E-state index contributed by atoms with van der Waals surface area (Å²) in [5.74, 6) is -0.942. The average molecular weight is 283 g/mol. The van der Waals surface area contributed by atoms with Gasteiger partial charge in [0, 0.05) is 16.8 Å². The Kier molecular flexibility index (Phi) is 5.11. The SMILES string of the molecule is CC(C)(C)OC(=O)NCC=Cc1cc(C(=O)O)cs1. The Labute approximate surface area is 115 Å². The van der Waals surface area contributed by atoms with E-state index in [0.29, 0.717) is 6.54 Å². The molecular formula is C13H17NO4S. The van der Waals surface area contributed by atoms with Crippen molar-refractivity contribution in [2.75, 3.05) is 6.54 Å². The van der Waals surface area contributed by atoms with Crippen molar-refractivity contribution in [1.82, 2.24) is 5.32 Å². The van der Waals surface area contributed by atoms with Crippen molar-refractivity contribution in [2.24, 2.45) is 0 Å². The van der Waals surface area contributed by atoms with Gasteiger partial charge in [0.1, 0.15) is 5.60 Å². The van der Waals surface area contributed by atoms with Crippen LogP contribution in [-0.4, -0.2) is 29.3 Å². The van der Waals surface area contributed by atoms with E-state index >= 15 is 0 Å². The number of thiophene rings is 1. The van der Waals surface area contributed by atoms with Gasteiger partial charge in [-0.15, -0.1) is 11.3 Å². The second-order valence-corrected chi connectivity index (χ2v) is 5.77. The number of hydrogen-bond donors (Lipinski definition) is 2. The lowest BCUT2D eigenvalue weighted by Crippen LogP contribution is -2.32. The van der Waals surface area contributed by atoms with Crippen LogP contribution in [-0.2, 0) is 4.74 Å². The molecule has 1 aromatic heterocycles. The normalized spacial score (nSPS) is 11.5. The molecule has 6 heteroatoms. The van der Waals surface area contributed by atoms with Gasteiger partial charge in [0.05, 0.1) is 5.56 Å². The Morgan fingerprint density at radius 2 is 2.16 bits per heavy atom. The molecule has 1 heterocycles. The zero-order valence-electron chi connectivity index (χ0n) is 11.1. The van der Waals surface area contributed by atoms with Crippen molar-refractivity contribution >= 4 is 29.5 Å². The number of amides is 1. The molecule has 0 unspecified atom stereocenters. The van der Waals surface area contributed by atoms with Crippen LogP contribution in [0.4, 0.5) is 4.79 Å². The fourth-order valence-electron chi connectivity index (χ4n) is 1.18. The highest BCUT2D eigenvalue weighted by atomic mass is 32.1. The third-order valence-electron chi connectivity index (χ3n) is 1.91. The molecule has 0 aromatic carbocycles. The monoisotopic (exact) mass is 283 g/mol. The van der Waals surface area contributed by atoms with Gasteiger partial charge in [-0.1, -0.05) is 6.08 Å². The van der Waals surface area contributed by atoms with Gasteiger partial charge < -0.3 is 15.2 Å². The van der Waals surface area contributed by atoms with E-state index in [1.54, 1.807) is 44.4 Å². The summed E-state index contributed by atoms with van der Waals surface area (Å²) in [4.78, 5) is 22.8. The molecule has 19 heavy (non-hydrogen) atoms. The van der Waals surface area contributed by atoms with E-state index in [1.807, 2.05) is 0 Å². The maximum Gasteiger partial charge on any atom is 0.407 e. The number of carbonyl (C=O) groups is 2. The Balaban J connectivity index is 2.38. The molecule has 0 radical (unpaired) electrons. The van der Waals surface area contributed by atoms with Gasteiger partial charge >= 0.3 is 12.1 Å². The maximum atomic E-state index is 11.3. The van der Waals surface area contributed by atoms with Crippen molar-refractivity contribution in [3.05, 3.63) is 28.0 Å². The van der Waals surface area contributed by atoms with E-state index in [9.17, 15) is 9.59 Å².